The summed E-state index contributed by atoms with van der Waals surface area (Å²) in [5.41, 5.74) is 0.0962. The smallest absolute Gasteiger partial charge is 0.360 e. The maximum atomic E-state index is 15.7. The lowest BCUT2D eigenvalue weighted by atomic mass is 10.2. The Morgan fingerprint density at radius 2 is 0.931 bits per heavy atom. The number of ether oxygens (including phenoxy) is 4. The number of hydrogen-bond donors (Lipinski definition) is 2. The number of aromatic nitrogens is 2. The van der Waals surface area contributed by atoms with E-state index in [1.807, 2.05) is 0 Å². The summed E-state index contributed by atoms with van der Waals surface area (Å²) in [6.45, 7) is 9.16. The van der Waals surface area contributed by atoms with E-state index < -0.39 is 87.8 Å². The van der Waals surface area contributed by atoms with Crippen LogP contribution in [-0.4, -0.2) is 76.0 Å². The van der Waals surface area contributed by atoms with Crippen LogP contribution in [0.3, 0.4) is 0 Å². The summed E-state index contributed by atoms with van der Waals surface area (Å²) in [4.78, 5) is 59.1. The van der Waals surface area contributed by atoms with Crippen LogP contribution < -0.4 is 28.7 Å². The molecule has 24 heteroatoms. The number of anilines is 4. The molecule has 2 amide bonds. The van der Waals surface area contributed by atoms with E-state index >= 15 is 8.78 Å². The van der Waals surface area contributed by atoms with Gasteiger partial charge in [0.2, 0.25) is 11.8 Å². The lowest BCUT2D eigenvalue weighted by Gasteiger charge is -2.25. The minimum Gasteiger partial charge on any atom is -0.497 e. The summed E-state index contributed by atoms with van der Waals surface area (Å²) in [6, 6.07) is 18.2. The molecule has 0 fully saturated rings. The number of thiazole rings is 2. The molecule has 380 valence electrons. The highest BCUT2D eigenvalue weighted by molar-refractivity contribution is 7.93. The van der Waals surface area contributed by atoms with Crippen LogP contribution in [0, 0.1) is 11.6 Å². The first kappa shape index (κ1) is 54.1. The molecule has 0 saturated carbocycles. The Labute approximate surface area is 422 Å². The summed E-state index contributed by atoms with van der Waals surface area (Å²) < 4.78 is 112. The average molecular weight is 1070 g/mol. The Morgan fingerprint density at radius 1 is 0.583 bits per heavy atom. The number of halogens is 2. The number of amides is 2. The van der Waals surface area contributed by atoms with Gasteiger partial charge in [-0.25, -0.2) is 45.2 Å². The van der Waals surface area contributed by atoms with Crippen LogP contribution in [0.15, 0.2) is 118 Å². The molecule has 6 aromatic rings. The predicted molar refractivity (Wildman–Crippen MR) is 266 cm³/mol. The van der Waals surface area contributed by atoms with Gasteiger partial charge in [-0.1, -0.05) is 24.3 Å². The second-order valence-electron chi connectivity index (χ2n) is 17.3. The van der Waals surface area contributed by atoms with Crippen LogP contribution >= 0.6 is 22.7 Å². The topological polar surface area (TPSA) is 230 Å². The molecule has 2 heterocycles. The van der Waals surface area contributed by atoms with Crippen molar-refractivity contribution >= 4 is 87.9 Å². The Bertz CT molecular complexity index is 3030. The average Bonchev–Trinajstić information content (AvgIpc) is 4.01. The molecule has 2 aromatic heterocycles. The third-order valence-corrected chi connectivity index (χ3v) is 15.1. The molecule has 0 saturated heterocycles. The number of nitrogens with zero attached hydrogens (tertiary/aromatic N) is 4. The van der Waals surface area contributed by atoms with Crippen LogP contribution in [0.1, 0.15) is 73.6 Å². The quantitative estimate of drug-likeness (QED) is 0.0606. The van der Waals surface area contributed by atoms with E-state index in [2.05, 4.69) is 20.6 Å². The van der Waals surface area contributed by atoms with Crippen molar-refractivity contribution < 1.29 is 63.7 Å². The monoisotopic (exact) mass is 1070 g/mol. The highest BCUT2D eigenvalue weighted by Crippen LogP contribution is 2.37. The van der Waals surface area contributed by atoms with Gasteiger partial charge in [0, 0.05) is 12.2 Å². The zero-order valence-corrected chi connectivity index (χ0v) is 43.1. The van der Waals surface area contributed by atoms with Gasteiger partial charge in [-0.15, -0.1) is 22.7 Å². The van der Waals surface area contributed by atoms with Crippen molar-refractivity contribution in [1.82, 2.24) is 9.97 Å². The number of sulfonamides is 2. The van der Waals surface area contributed by atoms with Crippen LogP contribution in [-0.2, 0) is 52.2 Å². The van der Waals surface area contributed by atoms with Gasteiger partial charge in [0.25, 0.3) is 20.0 Å². The van der Waals surface area contributed by atoms with Gasteiger partial charge in [0.05, 0.1) is 59.5 Å². The zero-order valence-electron chi connectivity index (χ0n) is 39.9. The number of carbonyl (C=O) groups excluding carboxylic acids is 4. The van der Waals surface area contributed by atoms with E-state index in [0.717, 1.165) is 55.5 Å². The standard InChI is InChI=1S/C48H48F2N6O12S4/c1-47(2,3)67-45(59)41-43(69-27-51-41)55(25-29-9-13-31(65-7)14-10-29)71(61,62)33-17-19-37(35(49)23-33)53-39(57)21-22-40(58)54-38-20-18-34(24-36(38)50)72(63,64)56(26-30-11-15-32(66-8)16-12-30)44-42(52-28-70-44)46(60)68-48(4,5)6/h9-24,27-28H,25-26H2,1-8H3,(H,53,57)(H,54,58). The maximum absolute atomic E-state index is 15.7. The molecule has 18 nitrogen and oxygen atoms in total. The lowest BCUT2D eigenvalue weighted by molar-refractivity contribution is -0.114. The van der Waals surface area contributed by atoms with Gasteiger partial charge in [-0.2, -0.15) is 0 Å². The summed E-state index contributed by atoms with van der Waals surface area (Å²) in [6.07, 6.45) is 1.40. The number of esters is 2. The van der Waals surface area contributed by atoms with Crippen LogP contribution in [0.25, 0.3) is 0 Å². The molecule has 2 N–H and O–H groups in total. The first-order valence-electron chi connectivity index (χ1n) is 21.3. The van der Waals surface area contributed by atoms with Crippen molar-refractivity contribution in [2.45, 2.75) is 75.6 Å². The Balaban J connectivity index is 1.17. The van der Waals surface area contributed by atoms with E-state index in [-0.39, 0.29) is 34.5 Å². The van der Waals surface area contributed by atoms with Gasteiger partial charge in [0.15, 0.2) is 11.4 Å². The first-order chi connectivity index (χ1) is 33.8. The highest BCUT2D eigenvalue weighted by Gasteiger charge is 2.35. The minimum atomic E-state index is -4.66. The normalized spacial score (nSPS) is 12.0. The van der Waals surface area contributed by atoms with Gasteiger partial charge in [0.1, 0.15) is 44.3 Å². The van der Waals surface area contributed by atoms with E-state index in [4.69, 9.17) is 18.9 Å². The fourth-order valence-electron chi connectivity index (χ4n) is 6.36. The molecule has 0 unspecified atom stereocenters. The third-order valence-electron chi connectivity index (χ3n) is 9.66. The summed E-state index contributed by atoms with van der Waals surface area (Å²) >= 11 is 1.69. The highest BCUT2D eigenvalue weighted by atomic mass is 32.2. The fraction of sp³-hybridized carbons (Fsp3) is 0.250. The number of benzene rings is 4. The minimum absolute atomic E-state index is 0.100. The molecule has 0 spiro atoms. The van der Waals surface area contributed by atoms with Gasteiger partial charge in [-0.05, 0) is 113 Å². The molecule has 72 heavy (non-hydrogen) atoms. The number of methoxy groups -OCH3 is 2. The van der Waals surface area contributed by atoms with Gasteiger partial charge in [-0.3, -0.25) is 18.2 Å². The molecule has 4 aromatic carbocycles. The van der Waals surface area contributed by atoms with Crippen molar-refractivity contribution in [2.24, 2.45) is 0 Å². The predicted octanol–water partition coefficient (Wildman–Crippen LogP) is 8.73. The Hall–Kier alpha value is -7.28. The van der Waals surface area contributed by atoms with E-state index in [9.17, 15) is 36.0 Å². The van der Waals surface area contributed by atoms with E-state index in [1.54, 1.807) is 90.1 Å². The molecule has 0 aliphatic heterocycles. The Morgan fingerprint density at radius 3 is 1.24 bits per heavy atom. The van der Waals surface area contributed by atoms with Crippen molar-refractivity contribution in [3.05, 3.63) is 142 Å². The number of carbonyl (C=O) groups is 4. The van der Waals surface area contributed by atoms with Gasteiger partial charge < -0.3 is 29.6 Å². The fourth-order valence-corrected chi connectivity index (χ4v) is 11.3. The lowest BCUT2D eigenvalue weighted by Crippen LogP contribution is -2.32. The van der Waals surface area contributed by atoms with Crippen LogP contribution in [0.4, 0.5) is 30.2 Å². The van der Waals surface area contributed by atoms with Gasteiger partial charge >= 0.3 is 11.9 Å². The van der Waals surface area contributed by atoms with Crippen LogP contribution in [0.5, 0.6) is 11.5 Å². The first-order valence-corrected chi connectivity index (χ1v) is 26.0. The van der Waals surface area contributed by atoms with E-state index in [0.29, 0.717) is 46.9 Å². The number of hydrogen-bond acceptors (Lipinski definition) is 16. The summed E-state index contributed by atoms with van der Waals surface area (Å²) in [7, 11) is -6.38. The van der Waals surface area contributed by atoms with Crippen molar-refractivity contribution in [2.75, 3.05) is 33.5 Å². The van der Waals surface area contributed by atoms with Crippen molar-refractivity contribution in [3.63, 3.8) is 0 Å². The summed E-state index contributed by atoms with van der Waals surface area (Å²) in [5, 5.41) is 4.22. The molecular weight excluding hydrogens is 1020 g/mol. The SMILES string of the molecule is COc1ccc(CN(c2scnc2C(=O)OC(C)(C)C)S(=O)(=O)c2ccc(NC(=O)C=CC(=O)Nc3ccc(S(=O)(=O)N(Cc4ccc(OC)cc4)c4scnc4C(=O)OC(C)(C)C)cc3F)c(F)c2)cc1. The number of rotatable bonds is 18. The zero-order chi connectivity index (χ0) is 52.8. The van der Waals surface area contributed by atoms with Crippen molar-refractivity contribution in [1.29, 1.82) is 0 Å². The second kappa shape index (κ2) is 22.0. The van der Waals surface area contributed by atoms with Crippen LogP contribution in [0.2, 0.25) is 0 Å². The molecule has 0 aliphatic carbocycles. The molecule has 0 atom stereocenters. The molecule has 0 aliphatic rings. The molecule has 0 radical (unpaired) electrons. The largest absolute Gasteiger partial charge is 0.497 e. The van der Waals surface area contributed by atoms with Crippen molar-refractivity contribution in [3.8, 4) is 11.5 Å². The molecular formula is C48H48F2N6O12S4. The Kier molecular flexibility index (Phi) is 16.5. The summed E-state index contributed by atoms with van der Waals surface area (Å²) in [5.74, 6) is -5.21. The molecule has 6 rings (SSSR count). The maximum Gasteiger partial charge on any atom is 0.360 e. The molecule has 0 bridgehead atoms. The third kappa shape index (κ3) is 13.4. The van der Waals surface area contributed by atoms with E-state index in [1.165, 1.54) is 25.2 Å². The number of nitrogens with one attached hydrogen (secondary N) is 2. The second-order valence-corrected chi connectivity index (χ2v) is 22.7.